The second kappa shape index (κ2) is 6.44. The third kappa shape index (κ3) is 4.40. The van der Waals surface area contributed by atoms with Crippen molar-refractivity contribution in [3.8, 4) is 11.5 Å². The average molecular weight is 268 g/mol. The van der Waals surface area contributed by atoms with E-state index in [-0.39, 0.29) is 17.1 Å². The molecule has 1 aromatic carbocycles. The first-order valence-corrected chi connectivity index (χ1v) is 5.15. The number of halogens is 4. The van der Waals surface area contributed by atoms with E-state index in [0.717, 1.165) is 18.2 Å². The molecule has 0 bridgehead atoms. The van der Waals surface area contributed by atoms with Gasteiger partial charge in [-0.3, -0.25) is 0 Å². The molecule has 0 aromatic heterocycles. The van der Waals surface area contributed by atoms with Crippen molar-refractivity contribution in [2.45, 2.75) is 32.7 Å². The number of aliphatic hydroxyl groups excluding tert-OH is 1. The maximum atomic E-state index is 12.1. The fraction of sp³-hybridized carbons (Fsp3) is 0.455. The standard InChI is InChI=1S/C11H12F4O3/c1-2-9(16)6-3-7(17-10(12)13)5-8(4-6)18-11(14)15/h3-5,9-11,16H,2H2,1H3. The highest BCUT2D eigenvalue weighted by molar-refractivity contribution is 5.39. The van der Waals surface area contributed by atoms with Crippen molar-refractivity contribution in [2.24, 2.45) is 0 Å². The Morgan fingerprint density at radius 3 is 1.78 bits per heavy atom. The number of aliphatic hydroxyl groups is 1. The number of ether oxygens (including phenoxy) is 2. The number of benzene rings is 1. The molecule has 0 radical (unpaired) electrons. The number of hydrogen-bond acceptors (Lipinski definition) is 3. The van der Waals surface area contributed by atoms with Gasteiger partial charge in [0.05, 0.1) is 6.10 Å². The lowest BCUT2D eigenvalue weighted by Gasteiger charge is -2.14. The van der Waals surface area contributed by atoms with E-state index < -0.39 is 19.3 Å². The van der Waals surface area contributed by atoms with Crippen molar-refractivity contribution in [1.82, 2.24) is 0 Å². The lowest BCUT2D eigenvalue weighted by Crippen LogP contribution is -2.06. The normalized spacial score (nSPS) is 12.9. The van der Waals surface area contributed by atoms with Gasteiger partial charge in [0.1, 0.15) is 11.5 Å². The first-order valence-electron chi connectivity index (χ1n) is 5.15. The largest absolute Gasteiger partial charge is 0.435 e. The van der Waals surface area contributed by atoms with Gasteiger partial charge in [-0.15, -0.1) is 0 Å². The zero-order valence-corrected chi connectivity index (χ0v) is 9.45. The van der Waals surface area contributed by atoms with Gasteiger partial charge < -0.3 is 14.6 Å². The van der Waals surface area contributed by atoms with Gasteiger partial charge in [0.15, 0.2) is 0 Å². The van der Waals surface area contributed by atoms with Crippen LogP contribution in [0, 0.1) is 0 Å². The maximum absolute atomic E-state index is 12.1. The Labute approximate surface area is 101 Å². The molecule has 0 fully saturated rings. The van der Waals surface area contributed by atoms with Crippen LogP contribution in [0.3, 0.4) is 0 Å². The molecular weight excluding hydrogens is 256 g/mol. The quantitative estimate of drug-likeness (QED) is 0.804. The Morgan fingerprint density at radius 2 is 1.44 bits per heavy atom. The molecule has 0 aliphatic heterocycles. The highest BCUT2D eigenvalue weighted by atomic mass is 19.3. The number of hydrogen-bond donors (Lipinski definition) is 1. The summed E-state index contributed by atoms with van der Waals surface area (Å²) in [4.78, 5) is 0. The predicted octanol–water partition coefficient (Wildman–Crippen LogP) is 3.33. The molecule has 0 heterocycles. The third-order valence-electron chi connectivity index (χ3n) is 2.12. The van der Waals surface area contributed by atoms with E-state index in [1.807, 2.05) is 0 Å². The Kier molecular flexibility index (Phi) is 5.21. The minimum Gasteiger partial charge on any atom is -0.435 e. The molecule has 18 heavy (non-hydrogen) atoms. The molecule has 1 atom stereocenters. The van der Waals surface area contributed by atoms with Gasteiger partial charge in [0.25, 0.3) is 0 Å². The molecule has 0 amide bonds. The summed E-state index contributed by atoms with van der Waals surface area (Å²) in [5, 5.41) is 9.56. The van der Waals surface area contributed by atoms with Crippen molar-refractivity contribution in [3.63, 3.8) is 0 Å². The van der Waals surface area contributed by atoms with Gasteiger partial charge in [0.2, 0.25) is 0 Å². The van der Waals surface area contributed by atoms with E-state index in [1.54, 1.807) is 6.92 Å². The molecule has 0 aliphatic carbocycles. The Bertz CT molecular complexity index is 356. The third-order valence-corrected chi connectivity index (χ3v) is 2.12. The van der Waals surface area contributed by atoms with Crippen LogP contribution in [0.5, 0.6) is 11.5 Å². The molecule has 1 N–H and O–H groups in total. The highest BCUT2D eigenvalue weighted by Gasteiger charge is 2.14. The molecule has 1 aromatic rings. The summed E-state index contributed by atoms with van der Waals surface area (Å²) in [7, 11) is 0. The summed E-state index contributed by atoms with van der Waals surface area (Å²) in [5.41, 5.74) is 0.173. The van der Waals surface area contributed by atoms with Crippen LogP contribution in [-0.2, 0) is 0 Å². The van der Waals surface area contributed by atoms with E-state index in [4.69, 9.17) is 0 Å². The van der Waals surface area contributed by atoms with Crippen molar-refractivity contribution >= 4 is 0 Å². The van der Waals surface area contributed by atoms with Gasteiger partial charge in [-0.2, -0.15) is 17.6 Å². The smallest absolute Gasteiger partial charge is 0.387 e. The first kappa shape index (κ1) is 14.6. The summed E-state index contributed by atoms with van der Waals surface area (Å²) in [6, 6.07) is 3.21. The molecule has 1 unspecified atom stereocenters. The number of rotatable bonds is 6. The summed E-state index contributed by atoms with van der Waals surface area (Å²) in [5.74, 6) is -0.684. The Morgan fingerprint density at radius 1 is 1.00 bits per heavy atom. The monoisotopic (exact) mass is 268 g/mol. The molecule has 0 saturated carbocycles. The Balaban J connectivity index is 3.03. The summed E-state index contributed by atoms with van der Waals surface area (Å²) in [6.45, 7) is -4.52. The van der Waals surface area contributed by atoms with E-state index in [1.165, 1.54) is 0 Å². The van der Waals surface area contributed by atoms with Gasteiger partial charge in [-0.1, -0.05) is 6.92 Å². The molecule has 102 valence electrons. The summed E-state index contributed by atoms with van der Waals surface area (Å²) >= 11 is 0. The van der Waals surface area contributed by atoms with Gasteiger partial charge in [0, 0.05) is 6.07 Å². The zero-order valence-electron chi connectivity index (χ0n) is 9.45. The molecule has 1 rings (SSSR count). The van der Waals surface area contributed by atoms with Crippen LogP contribution in [0.2, 0.25) is 0 Å². The fourth-order valence-electron chi connectivity index (χ4n) is 1.36. The van der Waals surface area contributed by atoms with Gasteiger partial charge in [-0.05, 0) is 24.1 Å². The van der Waals surface area contributed by atoms with Crippen LogP contribution in [0.1, 0.15) is 25.0 Å². The maximum Gasteiger partial charge on any atom is 0.387 e. The van der Waals surface area contributed by atoms with Crippen molar-refractivity contribution in [1.29, 1.82) is 0 Å². The van der Waals surface area contributed by atoms with Gasteiger partial charge in [-0.25, -0.2) is 0 Å². The molecule has 0 spiro atoms. The van der Waals surface area contributed by atoms with E-state index >= 15 is 0 Å². The van der Waals surface area contributed by atoms with E-state index in [2.05, 4.69) is 9.47 Å². The van der Waals surface area contributed by atoms with Gasteiger partial charge >= 0.3 is 13.2 Å². The second-order valence-corrected chi connectivity index (χ2v) is 3.42. The molecule has 3 nitrogen and oxygen atoms in total. The van der Waals surface area contributed by atoms with Crippen molar-refractivity contribution in [3.05, 3.63) is 23.8 Å². The highest BCUT2D eigenvalue weighted by Crippen LogP contribution is 2.29. The Hall–Kier alpha value is -1.50. The van der Waals surface area contributed by atoms with Crippen LogP contribution < -0.4 is 9.47 Å². The summed E-state index contributed by atoms with van der Waals surface area (Å²) < 4.78 is 56.4. The molecule has 0 aliphatic rings. The van der Waals surface area contributed by atoms with Crippen LogP contribution in [0.25, 0.3) is 0 Å². The first-order chi connectivity index (χ1) is 8.42. The van der Waals surface area contributed by atoms with E-state index in [0.29, 0.717) is 6.42 Å². The lowest BCUT2D eigenvalue weighted by atomic mass is 10.1. The molecule has 7 heteroatoms. The lowest BCUT2D eigenvalue weighted by molar-refractivity contribution is -0.0545. The minimum absolute atomic E-state index is 0.173. The minimum atomic E-state index is -3.08. The summed E-state index contributed by atoms with van der Waals surface area (Å²) in [6.07, 6.45) is -0.669. The SMILES string of the molecule is CCC(O)c1cc(OC(F)F)cc(OC(F)F)c1. The van der Waals surface area contributed by atoms with Crippen molar-refractivity contribution < 1.29 is 32.1 Å². The predicted molar refractivity (Wildman–Crippen MR) is 55.0 cm³/mol. The van der Waals surface area contributed by atoms with Crippen LogP contribution in [0.4, 0.5) is 17.6 Å². The molecular formula is C11H12F4O3. The van der Waals surface area contributed by atoms with Crippen LogP contribution in [-0.4, -0.2) is 18.3 Å². The van der Waals surface area contributed by atoms with Crippen LogP contribution >= 0.6 is 0 Å². The average Bonchev–Trinajstić information content (AvgIpc) is 2.25. The fourth-order valence-corrected chi connectivity index (χ4v) is 1.36. The molecule has 0 saturated heterocycles. The second-order valence-electron chi connectivity index (χ2n) is 3.42. The topological polar surface area (TPSA) is 38.7 Å². The van der Waals surface area contributed by atoms with Crippen LogP contribution in [0.15, 0.2) is 18.2 Å². The number of alkyl halides is 4. The zero-order chi connectivity index (χ0) is 13.7. The van der Waals surface area contributed by atoms with Crippen molar-refractivity contribution in [2.75, 3.05) is 0 Å². The van der Waals surface area contributed by atoms with E-state index in [9.17, 15) is 22.7 Å².